The molecule has 2 aromatic rings. The van der Waals surface area contributed by atoms with Gasteiger partial charge in [-0.3, -0.25) is 11.3 Å². The summed E-state index contributed by atoms with van der Waals surface area (Å²) >= 11 is 3.65. The maximum Gasteiger partial charge on any atom is 0.0897 e. The molecule has 0 bridgehead atoms. The molecule has 0 fully saturated rings. The lowest BCUT2D eigenvalue weighted by molar-refractivity contribution is 0.555. The van der Waals surface area contributed by atoms with Crippen molar-refractivity contribution in [3.05, 3.63) is 37.5 Å². The zero-order chi connectivity index (χ0) is 13.9. The average Bonchev–Trinajstić information content (AvgIpc) is 2.97. The Morgan fingerprint density at radius 2 is 2.20 bits per heavy atom. The molecule has 1 unspecified atom stereocenters. The Labute approximate surface area is 128 Å². The van der Waals surface area contributed by atoms with E-state index in [2.05, 4.69) is 21.9 Å². The summed E-state index contributed by atoms with van der Waals surface area (Å²) in [6.07, 6.45) is 7.38. The van der Waals surface area contributed by atoms with Gasteiger partial charge in [0.15, 0.2) is 0 Å². The molecule has 3 rings (SSSR count). The first kappa shape index (κ1) is 14.2. The molecule has 0 saturated carbocycles. The number of nitrogens with zero attached hydrogens (tertiary/aromatic N) is 1. The van der Waals surface area contributed by atoms with Crippen LogP contribution >= 0.6 is 22.7 Å². The van der Waals surface area contributed by atoms with Crippen LogP contribution in [0.5, 0.6) is 0 Å². The fourth-order valence-electron chi connectivity index (χ4n) is 2.81. The number of hydrogen-bond acceptors (Lipinski definition) is 5. The van der Waals surface area contributed by atoms with Gasteiger partial charge in [-0.1, -0.05) is 6.42 Å². The average molecular weight is 307 g/mol. The number of hydrogen-bond donors (Lipinski definition) is 2. The van der Waals surface area contributed by atoms with Crippen molar-refractivity contribution >= 4 is 22.7 Å². The third-order valence-corrected chi connectivity index (χ3v) is 6.06. The lowest BCUT2D eigenvalue weighted by Gasteiger charge is -2.12. The molecule has 20 heavy (non-hydrogen) atoms. The number of aromatic nitrogens is 1. The Morgan fingerprint density at radius 1 is 1.35 bits per heavy atom. The highest BCUT2D eigenvalue weighted by Gasteiger charge is 2.19. The maximum absolute atomic E-state index is 5.78. The van der Waals surface area contributed by atoms with Gasteiger partial charge in [0, 0.05) is 21.6 Å². The number of nitrogens with two attached hydrogens (primary N) is 1. The highest BCUT2D eigenvalue weighted by molar-refractivity contribution is 7.12. The first-order valence-electron chi connectivity index (χ1n) is 7.25. The highest BCUT2D eigenvalue weighted by Crippen LogP contribution is 2.33. The molecule has 0 aliphatic heterocycles. The van der Waals surface area contributed by atoms with Crippen LogP contribution in [-0.4, -0.2) is 4.98 Å². The van der Waals surface area contributed by atoms with Crippen LogP contribution in [0.2, 0.25) is 0 Å². The van der Waals surface area contributed by atoms with Gasteiger partial charge in [0.25, 0.3) is 0 Å². The first-order chi connectivity index (χ1) is 9.76. The van der Waals surface area contributed by atoms with Gasteiger partial charge in [-0.05, 0) is 44.2 Å². The van der Waals surface area contributed by atoms with Gasteiger partial charge in [0.05, 0.1) is 16.7 Å². The van der Waals surface area contributed by atoms with E-state index >= 15 is 0 Å². The van der Waals surface area contributed by atoms with Gasteiger partial charge in [0.2, 0.25) is 0 Å². The number of thiophene rings is 1. The summed E-state index contributed by atoms with van der Waals surface area (Å²) in [7, 11) is 0. The predicted molar refractivity (Wildman–Crippen MR) is 86.2 cm³/mol. The Bertz CT molecular complexity index is 550. The van der Waals surface area contributed by atoms with Gasteiger partial charge in [-0.15, -0.1) is 22.7 Å². The van der Waals surface area contributed by atoms with Crippen LogP contribution in [0.1, 0.15) is 51.3 Å². The van der Waals surface area contributed by atoms with Crippen LogP contribution in [0.25, 0.3) is 0 Å². The van der Waals surface area contributed by atoms with Crippen molar-refractivity contribution in [2.45, 2.75) is 51.5 Å². The molecule has 3 N–H and O–H groups in total. The van der Waals surface area contributed by atoms with Gasteiger partial charge in [-0.2, -0.15) is 0 Å². The van der Waals surface area contributed by atoms with Crippen LogP contribution in [0.4, 0.5) is 0 Å². The minimum absolute atomic E-state index is 0.188. The van der Waals surface area contributed by atoms with Gasteiger partial charge >= 0.3 is 0 Å². The zero-order valence-electron chi connectivity index (χ0n) is 11.8. The number of nitrogens with one attached hydrogen (secondary N) is 1. The Kier molecular flexibility index (Phi) is 4.51. The minimum Gasteiger partial charge on any atom is -0.271 e. The van der Waals surface area contributed by atoms with Gasteiger partial charge in [-0.25, -0.2) is 4.98 Å². The Morgan fingerprint density at radius 3 is 2.95 bits per heavy atom. The second-order valence-corrected chi connectivity index (χ2v) is 7.67. The summed E-state index contributed by atoms with van der Waals surface area (Å²) < 4.78 is 0. The topological polar surface area (TPSA) is 50.9 Å². The number of thiazole rings is 1. The lowest BCUT2D eigenvalue weighted by Crippen LogP contribution is -2.29. The minimum atomic E-state index is 0.188. The van der Waals surface area contributed by atoms with E-state index in [1.165, 1.54) is 37.0 Å². The second-order valence-electron chi connectivity index (χ2n) is 5.44. The third kappa shape index (κ3) is 3.11. The fourth-order valence-corrected chi connectivity index (χ4v) is 4.76. The maximum atomic E-state index is 5.78. The van der Waals surface area contributed by atoms with E-state index in [-0.39, 0.29) is 6.04 Å². The summed E-state index contributed by atoms with van der Waals surface area (Å²) in [6, 6.07) is 2.56. The van der Waals surface area contributed by atoms with Crippen molar-refractivity contribution in [2.24, 2.45) is 5.84 Å². The fraction of sp³-hybridized carbons (Fsp3) is 0.533. The monoisotopic (exact) mass is 307 g/mol. The van der Waals surface area contributed by atoms with Crippen molar-refractivity contribution in [2.75, 3.05) is 0 Å². The molecule has 0 amide bonds. The van der Waals surface area contributed by atoms with E-state index in [1.54, 1.807) is 21.8 Å². The molecule has 0 aromatic carbocycles. The predicted octanol–water partition coefficient (Wildman–Crippen LogP) is 3.53. The third-order valence-electron chi connectivity index (χ3n) is 3.89. The summed E-state index contributed by atoms with van der Waals surface area (Å²) in [5.41, 5.74) is 5.67. The summed E-state index contributed by atoms with van der Waals surface area (Å²) in [6.45, 7) is 2.05. The summed E-state index contributed by atoms with van der Waals surface area (Å²) in [4.78, 5) is 7.49. The molecule has 0 spiro atoms. The van der Waals surface area contributed by atoms with E-state index < -0.39 is 0 Å². The van der Waals surface area contributed by atoms with Crippen molar-refractivity contribution in [1.82, 2.24) is 10.4 Å². The molecule has 2 heterocycles. The van der Waals surface area contributed by atoms with Crippen LogP contribution in [0.15, 0.2) is 11.4 Å². The number of hydrazine groups is 1. The highest BCUT2D eigenvalue weighted by atomic mass is 32.1. The molecule has 108 valence electrons. The standard InChI is InChI=1S/C15H21N3S2/c1-10-17-12(9-19-10)8-13(18-16)15-7-11-5-3-2-4-6-14(11)20-15/h7,9,13,18H,2-6,8,16H2,1H3. The normalized spacial score (nSPS) is 16.7. The molecular formula is C15H21N3S2. The van der Waals surface area contributed by atoms with E-state index in [0.29, 0.717) is 0 Å². The largest absolute Gasteiger partial charge is 0.271 e. The number of rotatable bonds is 4. The van der Waals surface area contributed by atoms with Crippen LogP contribution in [-0.2, 0) is 19.3 Å². The molecule has 5 heteroatoms. The molecule has 0 saturated heterocycles. The zero-order valence-corrected chi connectivity index (χ0v) is 13.4. The smallest absolute Gasteiger partial charge is 0.0897 e. The lowest BCUT2D eigenvalue weighted by atomic mass is 10.1. The molecule has 1 atom stereocenters. The van der Waals surface area contributed by atoms with Crippen LogP contribution in [0, 0.1) is 6.92 Å². The summed E-state index contributed by atoms with van der Waals surface area (Å²) in [5.74, 6) is 5.78. The van der Waals surface area contributed by atoms with Crippen molar-refractivity contribution in [3.8, 4) is 0 Å². The summed E-state index contributed by atoms with van der Waals surface area (Å²) in [5, 5.41) is 3.26. The van der Waals surface area contributed by atoms with Crippen LogP contribution in [0.3, 0.4) is 0 Å². The number of fused-ring (bicyclic) bond motifs is 1. The van der Waals surface area contributed by atoms with Gasteiger partial charge in [0.1, 0.15) is 0 Å². The first-order valence-corrected chi connectivity index (χ1v) is 8.94. The molecule has 2 aromatic heterocycles. The quantitative estimate of drug-likeness (QED) is 0.516. The molecule has 1 aliphatic rings. The van der Waals surface area contributed by atoms with Crippen molar-refractivity contribution < 1.29 is 0 Å². The molecule has 1 aliphatic carbocycles. The van der Waals surface area contributed by atoms with E-state index in [9.17, 15) is 0 Å². The Balaban J connectivity index is 1.79. The van der Waals surface area contributed by atoms with Crippen LogP contribution < -0.4 is 11.3 Å². The van der Waals surface area contributed by atoms with E-state index in [1.807, 2.05) is 18.3 Å². The number of aryl methyl sites for hydroxylation is 3. The van der Waals surface area contributed by atoms with Crippen molar-refractivity contribution in [3.63, 3.8) is 0 Å². The van der Waals surface area contributed by atoms with E-state index in [0.717, 1.165) is 17.1 Å². The SMILES string of the molecule is Cc1nc(CC(NN)c2cc3c(s2)CCCCC3)cs1. The van der Waals surface area contributed by atoms with Crippen molar-refractivity contribution in [1.29, 1.82) is 0 Å². The molecular weight excluding hydrogens is 286 g/mol. The van der Waals surface area contributed by atoms with Gasteiger partial charge < -0.3 is 0 Å². The molecule has 3 nitrogen and oxygen atoms in total. The molecule has 0 radical (unpaired) electrons. The second kappa shape index (κ2) is 6.35. The van der Waals surface area contributed by atoms with E-state index in [4.69, 9.17) is 5.84 Å². The Hall–Kier alpha value is -0.750.